The minimum absolute atomic E-state index is 0.980. The van der Waals surface area contributed by atoms with Gasteiger partial charge < -0.3 is 0 Å². The quantitative estimate of drug-likeness (QED) is 0.647. The second kappa shape index (κ2) is 8.53. The van der Waals surface area contributed by atoms with Crippen molar-refractivity contribution in [1.82, 2.24) is 9.97 Å². The van der Waals surface area contributed by atoms with Gasteiger partial charge in [0.15, 0.2) is 0 Å². The molecule has 0 aliphatic carbocycles. The smallest absolute Gasteiger partial charge is 0.0890 e. The molecule has 0 aliphatic heterocycles. The highest BCUT2D eigenvalue weighted by atomic mass is 32.2. The van der Waals surface area contributed by atoms with Crippen molar-refractivity contribution in [1.29, 1.82) is 0 Å². The predicted molar refractivity (Wildman–Crippen MR) is 92.4 cm³/mol. The van der Waals surface area contributed by atoms with Crippen LogP contribution in [0.15, 0.2) is 24.3 Å². The van der Waals surface area contributed by atoms with Crippen molar-refractivity contribution in [3.8, 4) is 0 Å². The van der Waals surface area contributed by atoms with Crippen molar-refractivity contribution in [3.05, 3.63) is 35.7 Å². The van der Waals surface area contributed by atoms with E-state index < -0.39 is 0 Å². The van der Waals surface area contributed by atoms with Crippen LogP contribution in [0, 0.1) is 0 Å². The number of hydrogen-bond donors (Lipinski definition) is 0. The third-order valence-electron chi connectivity index (χ3n) is 2.90. The number of aromatic nitrogens is 2. The van der Waals surface area contributed by atoms with E-state index in [1.165, 1.54) is 35.7 Å². The zero-order chi connectivity index (χ0) is 14.2. The van der Waals surface area contributed by atoms with Crippen molar-refractivity contribution in [2.45, 2.75) is 38.2 Å². The van der Waals surface area contributed by atoms with E-state index in [0.29, 0.717) is 0 Å². The second-order valence-corrected chi connectivity index (χ2v) is 6.92. The monoisotopic (exact) mass is 306 g/mol. The first-order chi connectivity index (χ1) is 9.85. The minimum Gasteiger partial charge on any atom is -0.248 e. The van der Waals surface area contributed by atoms with Crippen molar-refractivity contribution >= 4 is 34.6 Å². The lowest BCUT2D eigenvalue weighted by atomic mass is 10.2. The highest BCUT2D eigenvalue weighted by molar-refractivity contribution is 7.98. The second-order valence-electron chi connectivity index (χ2n) is 4.71. The van der Waals surface area contributed by atoms with E-state index in [1.807, 2.05) is 35.7 Å². The summed E-state index contributed by atoms with van der Waals surface area (Å²) in [5, 5.41) is 0. The largest absolute Gasteiger partial charge is 0.248 e. The van der Waals surface area contributed by atoms with Crippen LogP contribution in [0.5, 0.6) is 0 Å². The summed E-state index contributed by atoms with van der Waals surface area (Å²) in [6.07, 6.45) is 2.43. The first-order valence-electron chi connectivity index (χ1n) is 7.25. The molecule has 20 heavy (non-hydrogen) atoms. The number of fused-ring (bicyclic) bond motifs is 1. The molecule has 0 spiro atoms. The first kappa shape index (κ1) is 15.6. The lowest BCUT2D eigenvalue weighted by molar-refractivity contribution is 1.05. The van der Waals surface area contributed by atoms with Crippen molar-refractivity contribution in [2.24, 2.45) is 0 Å². The molecule has 0 amide bonds. The maximum Gasteiger partial charge on any atom is 0.0890 e. The molecule has 2 aromatic rings. The number of benzene rings is 1. The average Bonchev–Trinajstić information content (AvgIpc) is 2.48. The van der Waals surface area contributed by atoms with Gasteiger partial charge in [0.25, 0.3) is 0 Å². The number of rotatable bonds is 8. The van der Waals surface area contributed by atoms with Gasteiger partial charge in [0.2, 0.25) is 0 Å². The fourth-order valence-corrected chi connectivity index (χ4v) is 3.65. The Labute approximate surface area is 130 Å². The molecule has 0 saturated carbocycles. The maximum atomic E-state index is 4.83. The molecule has 1 heterocycles. The summed E-state index contributed by atoms with van der Waals surface area (Å²) in [5.74, 6) is 4.34. The standard InChI is InChI=1S/C16H22N2S2/c1-3-9-19-11-15-16(12-20-10-4-2)18-14-8-6-5-7-13(14)17-15/h5-8H,3-4,9-12H2,1-2H3. The van der Waals surface area contributed by atoms with Gasteiger partial charge in [-0.2, -0.15) is 23.5 Å². The number of para-hydroxylation sites is 2. The van der Waals surface area contributed by atoms with Gasteiger partial charge in [-0.1, -0.05) is 26.0 Å². The maximum absolute atomic E-state index is 4.83. The Hall–Kier alpha value is -0.740. The number of thioether (sulfide) groups is 2. The summed E-state index contributed by atoms with van der Waals surface area (Å²) in [5.41, 5.74) is 4.38. The Kier molecular flexibility index (Phi) is 6.67. The van der Waals surface area contributed by atoms with Crippen LogP contribution in [-0.4, -0.2) is 21.5 Å². The topological polar surface area (TPSA) is 25.8 Å². The molecule has 0 unspecified atom stereocenters. The van der Waals surface area contributed by atoms with Crippen LogP contribution in [0.25, 0.3) is 11.0 Å². The average molecular weight is 307 g/mol. The van der Waals surface area contributed by atoms with E-state index in [4.69, 9.17) is 9.97 Å². The van der Waals surface area contributed by atoms with Gasteiger partial charge in [-0.15, -0.1) is 0 Å². The molecule has 0 radical (unpaired) electrons. The molecular formula is C16H22N2S2. The minimum atomic E-state index is 0.980. The van der Waals surface area contributed by atoms with Gasteiger partial charge in [-0.3, -0.25) is 0 Å². The van der Waals surface area contributed by atoms with Crippen molar-refractivity contribution in [2.75, 3.05) is 11.5 Å². The third kappa shape index (κ3) is 4.38. The Balaban J connectivity index is 2.21. The van der Waals surface area contributed by atoms with Crippen LogP contribution < -0.4 is 0 Å². The number of hydrogen-bond acceptors (Lipinski definition) is 4. The molecule has 2 rings (SSSR count). The Morgan fingerprint density at radius 1 is 0.800 bits per heavy atom. The fourth-order valence-electron chi connectivity index (χ4n) is 1.93. The van der Waals surface area contributed by atoms with E-state index in [0.717, 1.165) is 22.5 Å². The first-order valence-corrected chi connectivity index (χ1v) is 9.56. The molecule has 0 fully saturated rings. The lowest BCUT2D eigenvalue weighted by Gasteiger charge is -2.09. The molecule has 1 aromatic heterocycles. The van der Waals surface area contributed by atoms with Gasteiger partial charge in [0, 0.05) is 11.5 Å². The van der Waals surface area contributed by atoms with Crippen LogP contribution in [0.4, 0.5) is 0 Å². The lowest BCUT2D eigenvalue weighted by Crippen LogP contribution is -2.01. The molecule has 108 valence electrons. The zero-order valence-electron chi connectivity index (χ0n) is 12.3. The molecule has 2 nitrogen and oxygen atoms in total. The zero-order valence-corrected chi connectivity index (χ0v) is 13.9. The Morgan fingerprint density at radius 2 is 1.25 bits per heavy atom. The Bertz CT molecular complexity index is 494. The highest BCUT2D eigenvalue weighted by Gasteiger charge is 2.08. The summed E-state index contributed by atoms with van der Waals surface area (Å²) in [7, 11) is 0. The van der Waals surface area contributed by atoms with Gasteiger partial charge in [0.1, 0.15) is 0 Å². The van der Waals surface area contributed by atoms with Gasteiger partial charge in [-0.05, 0) is 36.5 Å². The molecule has 0 atom stereocenters. The van der Waals surface area contributed by atoms with Crippen LogP contribution in [0.3, 0.4) is 0 Å². The SMILES string of the molecule is CCCSCc1nc2ccccc2nc1CSCCC. The summed E-state index contributed by atoms with van der Waals surface area (Å²) in [6.45, 7) is 4.44. The van der Waals surface area contributed by atoms with E-state index in [1.54, 1.807) is 0 Å². The predicted octanol–water partition coefficient (Wildman–Crippen LogP) is 4.92. The van der Waals surface area contributed by atoms with Gasteiger partial charge in [-0.25, -0.2) is 9.97 Å². The normalized spacial score (nSPS) is 11.1. The summed E-state index contributed by atoms with van der Waals surface area (Å²) in [4.78, 5) is 9.66. The van der Waals surface area contributed by atoms with E-state index >= 15 is 0 Å². The van der Waals surface area contributed by atoms with E-state index in [-0.39, 0.29) is 0 Å². The Morgan fingerprint density at radius 3 is 1.65 bits per heavy atom. The van der Waals surface area contributed by atoms with Crippen LogP contribution in [0.2, 0.25) is 0 Å². The summed E-state index contributed by atoms with van der Waals surface area (Å²) < 4.78 is 0. The van der Waals surface area contributed by atoms with Crippen molar-refractivity contribution in [3.63, 3.8) is 0 Å². The van der Waals surface area contributed by atoms with Crippen LogP contribution in [-0.2, 0) is 11.5 Å². The summed E-state index contributed by atoms with van der Waals surface area (Å²) in [6, 6.07) is 8.18. The molecular weight excluding hydrogens is 284 g/mol. The molecule has 0 aliphatic rings. The molecule has 0 bridgehead atoms. The highest BCUT2D eigenvalue weighted by Crippen LogP contribution is 2.22. The molecule has 0 N–H and O–H groups in total. The van der Waals surface area contributed by atoms with Crippen LogP contribution in [0.1, 0.15) is 38.1 Å². The van der Waals surface area contributed by atoms with E-state index in [2.05, 4.69) is 26.0 Å². The number of nitrogens with zero attached hydrogens (tertiary/aromatic N) is 2. The molecule has 4 heteroatoms. The molecule has 1 aromatic carbocycles. The van der Waals surface area contributed by atoms with Crippen LogP contribution >= 0.6 is 23.5 Å². The summed E-state index contributed by atoms with van der Waals surface area (Å²) >= 11 is 3.91. The fraction of sp³-hybridized carbons (Fsp3) is 0.500. The van der Waals surface area contributed by atoms with Gasteiger partial charge in [0.05, 0.1) is 22.4 Å². The van der Waals surface area contributed by atoms with Gasteiger partial charge >= 0.3 is 0 Å². The molecule has 0 saturated heterocycles. The third-order valence-corrected chi connectivity index (χ3v) is 5.25. The van der Waals surface area contributed by atoms with E-state index in [9.17, 15) is 0 Å². The van der Waals surface area contributed by atoms with Crippen molar-refractivity contribution < 1.29 is 0 Å².